The number of carbonyl (C=O) groups is 2. The Morgan fingerprint density at radius 1 is 1.08 bits per heavy atom. The Labute approximate surface area is 214 Å². The van der Waals surface area contributed by atoms with E-state index in [-0.39, 0.29) is 29.9 Å². The van der Waals surface area contributed by atoms with Crippen molar-refractivity contribution in [2.75, 3.05) is 0 Å². The van der Waals surface area contributed by atoms with Gasteiger partial charge in [0.2, 0.25) is 0 Å². The summed E-state index contributed by atoms with van der Waals surface area (Å²) < 4.78 is 5.85. The third kappa shape index (κ3) is 4.67. The molecule has 0 amide bonds. The van der Waals surface area contributed by atoms with Gasteiger partial charge in [-0.3, -0.25) is 14.9 Å². The quantitative estimate of drug-likeness (QED) is 0.299. The van der Waals surface area contributed by atoms with E-state index in [0.29, 0.717) is 33.9 Å². The van der Waals surface area contributed by atoms with Crippen LogP contribution in [0.2, 0.25) is 5.02 Å². The summed E-state index contributed by atoms with van der Waals surface area (Å²) in [7, 11) is 0. The number of allylic oxidation sites excluding steroid dienone is 3. The lowest BCUT2D eigenvalue weighted by Crippen LogP contribution is -2.36. The van der Waals surface area contributed by atoms with Crippen LogP contribution in [0.25, 0.3) is 0 Å². The van der Waals surface area contributed by atoms with Gasteiger partial charge in [-0.2, -0.15) is 0 Å². The van der Waals surface area contributed by atoms with E-state index in [1.807, 2.05) is 24.3 Å². The second-order valence-electron chi connectivity index (χ2n) is 9.73. The molecule has 0 bridgehead atoms. The summed E-state index contributed by atoms with van der Waals surface area (Å²) >= 11 is 6.05. The molecule has 36 heavy (non-hydrogen) atoms. The molecule has 7 nitrogen and oxygen atoms in total. The van der Waals surface area contributed by atoms with E-state index in [4.69, 9.17) is 16.3 Å². The number of non-ortho nitro benzene ring substituents is 1. The fourth-order valence-electron chi connectivity index (χ4n) is 5.65. The molecule has 0 unspecified atom stereocenters. The Kier molecular flexibility index (Phi) is 6.67. The standard InChI is InChI=1S/C28H27ClN2O5/c1-16-25(28(33)36-22-7-2-3-8-22)26(18-5-4-6-21(13-18)31(34)35)27-23(30-16)14-19(15-24(27)32)17-9-11-20(29)12-10-17/h4-6,9-13,19,22,26,30H,2-3,7-8,14-15H2,1H3/t19-,26-/m1/s1. The Hall–Kier alpha value is -3.45. The van der Waals surface area contributed by atoms with E-state index < -0.39 is 16.8 Å². The lowest BCUT2D eigenvalue weighted by Gasteiger charge is -2.37. The van der Waals surface area contributed by atoms with Crippen LogP contribution in [0.15, 0.2) is 71.1 Å². The first-order chi connectivity index (χ1) is 17.3. The first-order valence-corrected chi connectivity index (χ1v) is 12.6. The van der Waals surface area contributed by atoms with Gasteiger partial charge in [0.15, 0.2) is 5.78 Å². The van der Waals surface area contributed by atoms with Crippen molar-refractivity contribution in [3.05, 3.63) is 97.3 Å². The second-order valence-corrected chi connectivity index (χ2v) is 10.2. The Morgan fingerprint density at radius 2 is 1.81 bits per heavy atom. The third-order valence-electron chi connectivity index (χ3n) is 7.38. The average molecular weight is 507 g/mol. The average Bonchev–Trinajstić information content (AvgIpc) is 3.36. The minimum absolute atomic E-state index is 0.0356. The van der Waals surface area contributed by atoms with Crippen molar-refractivity contribution < 1.29 is 19.2 Å². The van der Waals surface area contributed by atoms with E-state index in [2.05, 4.69) is 5.32 Å². The lowest BCUT2D eigenvalue weighted by molar-refractivity contribution is -0.384. The Morgan fingerprint density at radius 3 is 2.50 bits per heavy atom. The molecule has 8 heteroatoms. The number of nitrogens with zero attached hydrogens (tertiary/aromatic N) is 1. The molecule has 0 saturated heterocycles. The number of nitrogens with one attached hydrogen (secondary N) is 1. The van der Waals surface area contributed by atoms with E-state index >= 15 is 0 Å². The minimum Gasteiger partial charge on any atom is -0.459 e. The molecule has 0 radical (unpaired) electrons. The third-order valence-corrected chi connectivity index (χ3v) is 7.63. The summed E-state index contributed by atoms with van der Waals surface area (Å²) in [5, 5.41) is 15.5. The van der Waals surface area contributed by atoms with E-state index in [1.54, 1.807) is 19.1 Å². The van der Waals surface area contributed by atoms with Gasteiger partial charge in [-0.1, -0.05) is 35.9 Å². The van der Waals surface area contributed by atoms with Crippen LogP contribution in [0.5, 0.6) is 0 Å². The number of hydrogen-bond acceptors (Lipinski definition) is 6. The molecule has 5 rings (SSSR count). The summed E-state index contributed by atoms with van der Waals surface area (Å²) in [5.74, 6) is -1.32. The number of rotatable bonds is 5. The van der Waals surface area contributed by atoms with Gasteiger partial charge in [0, 0.05) is 46.5 Å². The molecule has 2 aromatic rings. The van der Waals surface area contributed by atoms with Crippen molar-refractivity contribution in [2.45, 2.75) is 63.4 Å². The summed E-state index contributed by atoms with van der Waals surface area (Å²) in [6, 6.07) is 13.7. The largest absolute Gasteiger partial charge is 0.459 e. The molecular formula is C28H27ClN2O5. The maximum atomic E-state index is 13.7. The Balaban J connectivity index is 1.56. The van der Waals surface area contributed by atoms with E-state index in [0.717, 1.165) is 36.9 Å². The van der Waals surface area contributed by atoms with Gasteiger partial charge >= 0.3 is 5.97 Å². The van der Waals surface area contributed by atoms with Gasteiger partial charge < -0.3 is 10.1 Å². The number of hydrogen-bond donors (Lipinski definition) is 1. The van der Waals surface area contributed by atoms with Crippen molar-refractivity contribution in [1.82, 2.24) is 5.32 Å². The number of Topliss-reactive ketones (excluding diaryl/α,β-unsaturated/α-hetero) is 1. The van der Waals surface area contributed by atoms with Crippen LogP contribution in [0.4, 0.5) is 5.69 Å². The zero-order valence-electron chi connectivity index (χ0n) is 20.0. The molecule has 1 saturated carbocycles. The molecule has 2 atom stereocenters. The van der Waals surface area contributed by atoms with Crippen LogP contribution in [0.3, 0.4) is 0 Å². The number of dihydropyridines is 1. The molecule has 0 aromatic heterocycles. The van der Waals surface area contributed by atoms with Crippen LogP contribution in [-0.4, -0.2) is 22.8 Å². The Bertz CT molecular complexity index is 1290. The van der Waals surface area contributed by atoms with E-state index in [9.17, 15) is 19.7 Å². The normalized spacial score (nSPS) is 22.3. The fraction of sp³-hybridized carbons (Fsp3) is 0.357. The highest BCUT2D eigenvalue weighted by atomic mass is 35.5. The highest BCUT2D eigenvalue weighted by Crippen LogP contribution is 2.46. The van der Waals surface area contributed by atoms with Crippen LogP contribution in [0.1, 0.15) is 68.4 Å². The number of benzene rings is 2. The van der Waals surface area contributed by atoms with E-state index in [1.165, 1.54) is 12.1 Å². The smallest absolute Gasteiger partial charge is 0.337 e. The number of ketones is 1. The van der Waals surface area contributed by atoms with Crippen molar-refractivity contribution in [3.8, 4) is 0 Å². The number of esters is 1. The number of nitro benzene ring substituents is 1. The van der Waals surface area contributed by atoms with Crippen molar-refractivity contribution >= 4 is 29.0 Å². The molecule has 2 aliphatic carbocycles. The van der Waals surface area contributed by atoms with Crippen LogP contribution in [0, 0.1) is 10.1 Å². The van der Waals surface area contributed by atoms with Gasteiger partial charge in [0.1, 0.15) is 6.10 Å². The summed E-state index contributed by atoms with van der Waals surface area (Å²) in [4.78, 5) is 38.2. The maximum absolute atomic E-state index is 13.7. The lowest BCUT2D eigenvalue weighted by atomic mass is 9.71. The molecule has 3 aliphatic rings. The van der Waals surface area contributed by atoms with Gasteiger partial charge in [0.05, 0.1) is 10.5 Å². The fourth-order valence-corrected chi connectivity index (χ4v) is 5.78. The van der Waals surface area contributed by atoms with Crippen LogP contribution in [-0.2, 0) is 14.3 Å². The maximum Gasteiger partial charge on any atom is 0.337 e. The zero-order valence-corrected chi connectivity index (χ0v) is 20.7. The van der Waals surface area contributed by atoms with Crippen molar-refractivity contribution in [2.24, 2.45) is 0 Å². The van der Waals surface area contributed by atoms with Gasteiger partial charge in [-0.25, -0.2) is 4.79 Å². The molecule has 1 aliphatic heterocycles. The highest BCUT2D eigenvalue weighted by Gasteiger charge is 2.42. The zero-order chi connectivity index (χ0) is 25.4. The monoisotopic (exact) mass is 506 g/mol. The molecule has 1 fully saturated rings. The van der Waals surface area contributed by atoms with Crippen LogP contribution < -0.4 is 5.32 Å². The van der Waals surface area contributed by atoms with Crippen molar-refractivity contribution in [3.63, 3.8) is 0 Å². The number of nitro groups is 1. The first-order valence-electron chi connectivity index (χ1n) is 12.3. The SMILES string of the molecule is CC1=C(C(=O)OC2CCCC2)[C@@H](c2cccc([N+](=O)[O-])c2)C2=C(C[C@@H](c3ccc(Cl)cc3)CC2=O)N1. The molecule has 0 spiro atoms. The topological polar surface area (TPSA) is 98.5 Å². The summed E-state index contributed by atoms with van der Waals surface area (Å²) in [6.07, 6.45) is 4.39. The van der Waals surface area contributed by atoms with Gasteiger partial charge in [-0.15, -0.1) is 0 Å². The summed E-state index contributed by atoms with van der Waals surface area (Å²) in [5.41, 5.74) is 3.66. The molecule has 2 aromatic carbocycles. The van der Waals surface area contributed by atoms with Crippen molar-refractivity contribution in [1.29, 1.82) is 0 Å². The highest BCUT2D eigenvalue weighted by molar-refractivity contribution is 6.30. The number of halogens is 1. The molecule has 1 heterocycles. The van der Waals surface area contributed by atoms with Gasteiger partial charge in [0.25, 0.3) is 5.69 Å². The molecule has 186 valence electrons. The predicted molar refractivity (Wildman–Crippen MR) is 135 cm³/mol. The molecular weight excluding hydrogens is 480 g/mol. The predicted octanol–water partition coefficient (Wildman–Crippen LogP) is 6.10. The van der Waals surface area contributed by atoms with Gasteiger partial charge in [-0.05, 0) is 68.2 Å². The number of carbonyl (C=O) groups excluding carboxylic acids is 2. The second kappa shape index (κ2) is 9.90. The first kappa shape index (κ1) is 24.3. The van der Waals surface area contributed by atoms with Crippen LogP contribution >= 0.6 is 11.6 Å². The molecule has 1 N–H and O–H groups in total. The number of ether oxygens (including phenoxy) is 1. The summed E-state index contributed by atoms with van der Waals surface area (Å²) in [6.45, 7) is 1.80. The minimum atomic E-state index is -0.728.